The van der Waals surface area contributed by atoms with Crippen LogP contribution in [0.25, 0.3) is 0 Å². The third kappa shape index (κ3) is 4.30. The highest BCUT2D eigenvalue weighted by molar-refractivity contribution is 5.98. The van der Waals surface area contributed by atoms with Crippen molar-refractivity contribution in [3.63, 3.8) is 0 Å². The number of carboxylic acids is 2. The van der Waals surface area contributed by atoms with Crippen molar-refractivity contribution in [3.05, 3.63) is 66.0 Å². The molecule has 0 saturated heterocycles. The van der Waals surface area contributed by atoms with Crippen LogP contribution < -0.4 is 20.3 Å². The van der Waals surface area contributed by atoms with E-state index in [0.717, 1.165) is 0 Å². The van der Waals surface area contributed by atoms with Crippen molar-refractivity contribution < 1.29 is 29.3 Å². The number of amides is 1. The highest BCUT2D eigenvalue weighted by atomic mass is 16.5. The van der Waals surface area contributed by atoms with E-state index in [1.54, 1.807) is 36.4 Å². The zero-order valence-corrected chi connectivity index (χ0v) is 14.2. The molecular formula is C18H12N4O6-2. The van der Waals surface area contributed by atoms with Crippen LogP contribution in [0.3, 0.4) is 0 Å². The minimum atomic E-state index is -1.83. The van der Waals surface area contributed by atoms with E-state index in [1.807, 2.05) is 18.2 Å². The molecule has 0 spiro atoms. The van der Waals surface area contributed by atoms with Crippen LogP contribution in [0.4, 0.5) is 5.69 Å². The highest BCUT2D eigenvalue weighted by Crippen LogP contribution is 2.22. The molecule has 0 aliphatic heterocycles. The molecule has 0 fully saturated rings. The summed E-state index contributed by atoms with van der Waals surface area (Å²) >= 11 is 0. The average molecular weight is 380 g/mol. The largest absolute Gasteiger partial charge is 0.543 e. The van der Waals surface area contributed by atoms with Gasteiger partial charge in [-0.3, -0.25) is 4.79 Å². The van der Waals surface area contributed by atoms with Crippen molar-refractivity contribution in [2.75, 3.05) is 5.32 Å². The van der Waals surface area contributed by atoms with Gasteiger partial charge in [-0.1, -0.05) is 23.4 Å². The summed E-state index contributed by atoms with van der Waals surface area (Å²) in [5.74, 6) is -3.10. The van der Waals surface area contributed by atoms with Gasteiger partial charge < -0.3 is 29.9 Å². The summed E-state index contributed by atoms with van der Waals surface area (Å²) in [4.78, 5) is 34.0. The standard InChI is InChI=1S/C18H14N4O6/c23-14(10-22-16(18(26)27)15(17(24)25)20-21-22)19-11-6-8-13(9-7-11)28-12-4-2-1-3-5-12/h1-9H,10H2,(H,19,23)(H,24,25)(H,26,27)/p-2. The fourth-order valence-electron chi connectivity index (χ4n) is 2.33. The quantitative estimate of drug-likeness (QED) is 0.573. The Morgan fingerprint density at radius 3 is 2.18 bits per heavy atom. The molecule has 1 aromatic heterocycles. The number of aromatic carboxylic acids is 2. The number of benzene rings is 2. The van der Waals surface area contributed by atoms with Gasteiger partial charge in [0, 0.05) is 5.69 Å². The van der Waals surface area contributed by atoms with Gasteiger partial charge in [0.05, 0.1) is 11.9 Å². The van der Waals surface area contributed by atoms with Crippen molar-refractivity contribution in [2.45, 2.75) is 6.54 Å². The number of hydrogen-bond donors (Lipinski definition) is 1. The number of aromatic nitrogens is 3. The van der Waals surface area contributed by atoms with Crippen LogP contribution in [0.15, 0.2) is 54.6 Å². The Kier molecular flexibility index (Phi) is 5.30. The molecule has 3 rings (SSSR count). The van der Waals surface area contributed by atoms with Gasteiger partial charge in [-0.05, 0) is 36.4 Å². The molecular weight excluding hydrogens is 368 g/mol. The minimum absolute atomic E-state index is 0.417. The van der Waals surface area contributed by atoms with Gasteiger partial charge in [0.25, 0.3) is 0 Å². The molecule has 0 unspecified atom stereocenters. The van der Waals surface area contributed by atoms with E-state index in [4.69, 9.17) is 4.74 Å². The molecule has 0 atom stereocenters. The van der Waals surface area contributed by atoms with Crippen LogP contribution >= 0.6 is 0 Å². The fraction of sp³-hybridized carbons (Fsp3) is 0.0556. The second-order valence-electron chi connectivity index (χ2n) is 5.51. The Bertz CT molecular complexity index is 1010. The fourth-order valence-corrected chi connectivity index (χ4v) is 2.33. The Morgan fingerprint density at radius 1 is 0.929 bits per heavy atom. The lowest BCUT2D eigenvalue weighted by Crippen LogP contribution is -2.33. The number of para-hydroxylation sites is 1. The monoisotopic (exact) mass is 380 g/mol. The van der Waals surface area contributed by atoms with E-state index in [0.29, 0.717) is 21.9 Å². The third-order valence-electron chi connectivity index (χ3n) is 3.53. The van der Waals surface area contributed by atoms with Crippen molar-refractivity contribution >= 4 is 23.5 Å². The Labute approximate surface area is 158 Å². The first-order valence-electron chi connectivity index (χ1n) is 7.93. The number of rotatable bonds is 7. The SMILES string of the molecule is O=C(Cn1nnc(C(=O)[O-])c1C(=O)[O-])Nc1ccc(Oc2ccccc2)cc1. The van der Waals surface area contributed by atoms with Gasteiger partial charge in [-0.15, -0.1) is 5.10 Å². The maximum atomic E-state index is 12.1. The predicted molar refractivity (Wildman–Crippen MR) is 90.3 cm³/mol. The summed E-state index contributed by atoms with van der Waals surface area (Å²) in [6.45, 7) is -0.578. The number of anilines is 1. The van der Waals surface area contributed by atoms with Crippen LogP contribution in [0, 0.1) is 0 Å². The highest BCUT2D eigenvalue weighted by Gasteiger charge is 2.17. The first-order valence-corrected chi connectivity index (χ1v) is 7.93. The molecule has 1 heterocycles. The summed E-state index contributed by atoms with van der Waals surface area (Å²) in [6, 6.07) is 15.6. The van der Waals surface area contributed by atoms with Gasteiger partial charge in [-0.25, -0.2) is 4.68 Å². The normalized spacial score (nSPS) is 10.3. The smallest absolute Gasteiger partial charge is 0.246 e. The Morgan fingerprint density at radius 2 is 1.57 bits per heavy atom. The third-order valence-corrected chi connectivity index (χ3v) is 3.53. The first-order chi connectivity index (χ1) is 13.4. The molecule has 10 heteroatoms. The lowest BCUT2D eigenvalue weighted by atomic mass is 10.3. The molecule has 3 aromatic rings. The van der Waals surface area contributed by atoms with Gasteiger partial charge in [0.15, 0.2) is 0 Å². The number of carboxylic acid groups (broad SMARTS) is 2. The average Bonchev–Trinajstić information content (AvgIpc) is 3.08. The predicted octanol–water partition coefficient (Wildman–Crippen LogP) is -0.564. The van der Waals surface area contributed by atoms with Gasteiger partial charge in [0.2, 0.25) is 5.91 Å². The zero-order chi connectivity index (χ0) is 20.1. The number of hydrogen-bond acceptors (Lipinski definition) is 8. The maximum absolute atomic E-state index is 12.1. The van der Waals surface area contributed by atoms with Gasteiger partial charge >= 0.3 is 0 Å². The van der Waals surface area contributed by atoms with Crippen LogP contribution in [-0.4, -0.2) is 32.8 Å². The van der Waals surface area contributed by atoms with E-state index < -0.39 is 35.8 Å². The van der Waals surface area contributed by atoms with Crippen molar-refractivity contribution in [2.24, 2.45) is 0 Å². The maximum Gasteiger partial charge on any atom is 0.246 e. The second-order valence-corrected chi connectivity index (χ2v) is 5.51. The first kappa shape index (κ1) is 18.6. The molecule has 0 aliphatic carbocycles. The number of carbonyl (C=O) groups excluding carboxylic acids is 3. The summed E-state index contributed by atoms with van der Waals surface area (Å²) in [6.07, 6.45) is 0. The minimum Gasteiger partial charge on any atom is -0.543 e. The molecule has 2 aromatic carbocycles. The van der Waals surface area contributed by atoms with E-state index in [9.17, 15) is 24.6 Å². The van der Waals surface area contributed by atoms with Crippen LogP contribution in [-0.2, 0) is 11.3 Å². The van der Waals surface area contributed by atoms with Gasteiger partial charge in [-0.2, -0.15) is 0 Å². The van der Waals surface area contributed by atoms with E-state index in [-0.39, 0.29) is 0 Å². The summed E-state index contributed by atoms with van der Waals surface area (Å²) in [7, 11) is 0. The molecule has 1 N–H and O–H groups in total. The van der Waals surface area contributed by atoms with Crippen molar-refractivity contribution in [1.82, 2.24) is 15.0 Å². The van der Waals surface area contributed by atoms with Crippen LogP contribution in [0.2, 0.25) is 0 Å². The molecule has 28 heavy (non-hydrogen) atoms. The van der Waals surface area contributed by atoms with Gasteiger partial charge in [0.1, 0.15) is 29.4 Å². The molecule has 0 saturated carbocycles. The lowest BCUT2D eigenvalue weighted by Gasteiger charge is -2.10. The zero-order valence-electron chi connectivity index (χ0n) is 14.2. The number of ether oxygens (including phenoxy) is 1. The molecule has 0 aliphatic rings. The molecule has 142 valence electrons. The summed E-state index contributed by atoms with van der Waals surface area (Å²) < 4.78 is 6.25. The topological polar surface area (TPSA) is 149 Å². The number of nitrogens with zero attached hydrogens (tertiary/aromatic N) is 3. The number of nitrogens with one attached hydrogen (secondary N) is 1. The second kappa shape index (κ2) is 7.99. The van der Waals surface area contributed by atoms with Crippen molar-refractivity contribution in [3.8, 4) is 11.5 Å². The van der Waals surface area contributed by atoms with Crippen molar-refractivity contribution in [1.29, 1.82) is 0 Å². The molecule has 0 bridgehead atoms. The van der Waals surface area contributed by atoms with E-state index in [1.165, 1.54) is 0 Å². The van der Waals surface area contributed by atoms with Crippen LogP contribution in [0.5, 0.6) is 11.5 Å². The molecule has 0 radical (unpaired) electrons. The van der Waals surface area contributed by atoms with Crippen LogP contribution in [0.1, 0.15) is 21.0 Å². The molecule has 1 amide bonds. The van der Waals surface area contributed by atoms with E-state index in [2.05, 4.69) is 15.6 Å². The number of carbonyl (C=O) groups is 3. The summed E-state index contributed by atoms with van der Waals surface area (Å²) in [5.41, 5.74) is -1.34. The lowest BCUT2D eigenvalue weighted by molar-refractivity contribution is -0.260. The Balaban J connectivity index is 1.65. The summed E-state index contributed by atoms with van der Waals surface area (Å²) in [5, 5.41) is 31.0. The molecule has 10 nitrogen and oxygen atoms in total. The Hall–Kier alpha value is -4.21. The van der Waals surface area contributed by atoms with E-state index >= 15 is 0 Å².